The zero-order chi connectivity index (χ0) is 14.5. The van der Waals surface area contributed by atoms with Crippen LogP contribution >= 0.6 is 0 Å². The summed E-state index contributed by atoms with van der Waals surface area (Å²) in [5, 5.41) is 2.84. The number of aromatic nitrogens is 2. The van der Waals surface area contributed by atoms with E-state index >= 15 is 0 Å². The first-order valence-electron chi connectivity index (χ1n) is 7.22. The van der Waals surface area contributed by atoms with Crippen molar-refractivity contribution in [3.63, 3.8) is 0 Å². The first-order chi connectivity index (χ1) is 10.3. The molecular formula is C16H18N4O. The molecule has 0 spiro atoms. The van der Waals surface area contributed by atoms with Gasteiger partial charge in [0.15, 0.2) is 0 Å². The van der Waals surface area contributed by atoms with Gasteiger partial charge in [0, 0.05) is 19.2 Å². The molecule has 108 valence electrons. The van der Waals surface area contributed by atoms with Gasteiger partial charge in [-0.05, 0) is 18.4 Å². The van der Waals surface area contributed by atoms with Crippen molar-refractivity contribution < 1.29 is 4.79 Å². The van der Waals surface area contributed by atoms with Gasteiger partial charge in [-0.15, -0.1) is 0 Å². The Bertz CT molecular complexity index is 609. The fraction of sp³-hybridized carbons (Fsp3) is 0.312. The van der Waals surface area contributed by atoms with Gasteiger partial charge in [0.1, 0.15) is 18.0 Å². The third kappa shape index (κ3) is 3.56. The highest BCUT2D eigenvalue weighted by atomic mass is 16.1. The summed E-state index contributed by atoms with van der Waals surface area (Å²) in [6.07, 6.45) is 4.25. The van der Waals surface area contributed by atoms with Gasteiger partial charge in [0.05, 0.1) is 6.42 Å². The standard InChI is InChI=1S/C16H18N4O/c21-16(10-13-6-2-1-3-7-13)19-14-11-15(18-12-17-14)20-8-4-5-9-20/h1-3,6-7,11-12H,4-5,8-10H2,(H,17,18,19,21). The Balaban J connectivity index is 1.64. The topological polar surface area (TPSA) is 58.1 Å². The zero-order valence-electron chi connectivity index (χ0n) is 11.8. The Labute approximate surface area is 124 Å². The third-order valence-electron chi connectivity index (χ3n) is 3.56. The number of nitrogens with one attached hydrogen (secondary N) is 1. The van der Waals surface area contributed by atoms with Crippen LogP contribution in [0.15, 0.2) is 42.7 Å². The van der Waals surface area contributed by atoms with E-state index in [0.29, 0.717) is 12.2 Å². The Morgan fingerprint density at radius 1 is 1.14 bits per heavy atom. The van der Waals surface area contributed by atoms with E-state index in [-0.39, 0.29) is 5.91 Å². The minimum absolute atomic E-state index is 0.0627. The molecule has 0 unspecified atom stereocenters. The molecule has 0 atom stereocenters. The van der Waals surface area contributed by atoms with Crippen molar-refractivity contribution in [3.05, 3.63) is 48.3 Å². The molecular weight excluding hydrogens is 264 g/mol. The molecule has 1 aromatic carbocycles. The second-order valence-corrected chi connectivity index (χ2v) is 5.17. The number of carbonyl (C=O) groups excluding carboxylic acids is 1. The largest absolute Gasteiger partial charge is 0.356 e. The number of hydrogen-bond donors (Lipinski definition) is 1. The summed E-state index contributed by atoms with van der Waals surface area (Å²) in [5.74, 6) is 1.39. The normalized spacial score (nSPS) is 14.2. The SMILES string of the molecule is O=C(Cc1ccccc1)Nc1cc(N2CCCC2)ncn1. The van der Waals surface area contributed by atoms with Crippen LogP contribution in [0.5, 0.6) is 0 Å². The van der Waals surface area contributed by atoms with Gasteiger partial charge in [0.2, 0.25) is 5.91 Å². The lowest BCUT2D eigenvalue weighted by Gasteiger charge is -2.16. The van der Waals surface area contributed by atoms with Gasteiger partial charge in [-0.2, -0.15) is 0 Å². The molecule has 3 rings (SSSR count). The van der Waals surface area contributed by atoms with E-state index in [4.69, 9.17) is 0 Å². The molecule has 1 aliphatic heterocycles. The van der Waals surface area contributed by atoms with Crippen LogP contribution < -0.4 is 10.2 Å². The van der Waals surface area contributed by atoms with Crippen molar-refractivity contribution in [3.8, 4) is 0 Å². The van der Waals surface area contributed by atoms with Crippen molar-refractivity contribution >= 4 is 17.5 Å². The monoisotopic (exact) mass is 282 g/mol. The minimum Gasteiger partial charge on any atom is -0.356 e. The molecule has 1 aromatic heterocycles. The summed E-state index contributed by atoms with van der Waals surface area (Å²) in [6.45, 7) is 2.04. The van der Waals surface area contributed by atoms with Crippen LogP contribution in [-0.4, -0.2) is 29.0 Å². The van der Waals surface area contributed by atoms with E-state index in [0.717, 1.165) is 24.5 Å². The maximum atomic E-state index is 12.0. The lowest BCUT2D eigenvalue weighted by atomic mass is 10.1. The lowest BCUT2D eigenvalue weighted by molar-refractivity contribution is -0.115. The molecule has 1 fully saturated rings. The summed E-state index contributed by atoms with van der Waals surface area (Å²) in [4.78, 5) is 22.6. The van der Waals surface area contributed by atoms with E-state index in [9.17, 15) is 4.79 Å². The number of anilines is 2. The van der Waals surface area contributed by atoms with Crippen molar-refractivity contribution in [1.29, 1.82) is 0 Å². The zero-order valence-corrected chi connectivity index (χ0v) is 11.8. The van der Waals surface area contributed by atoms with Crippen LogP contribution in [0.2, 0.25) is 0 Å². The van der Waals surface area contributed by atoms with Crippen LogP contribution in [0.3, 0.4) is 0 Å². The summed E-state index contributed by atoms with van der Waals surface area (Å²) in [6, 6.07) is 11.5. The first-order valence-corrected chi connectivity index (χ1v) is 7.22. The molecule has 1 saturated heterocycles. The van der Waals surface area contributed by atoms with Crippen LogP contribution in [0.4, 0.5) is 11.6 Å². The van der Waals surface area contributed by atoms with E-state index in [2.05, 4.69) is 20.2 Å². The molecule has 1 aliphatic rings. The van der Waals surface area contributed by atoms with Crippen LogP contribution in [0.1, 0.15) is 18.4 Å². The molecule has 1 N–H and O–H groups in total. The Hall–Kier alpha value is -2.43. The Kier molecular flexibility index (Phi) is 4.09. The molecule has 0 saturated carbocycles. The smallest absolute Gasteiger partial charge is 0.229 e. The second kappa shape index (κ2) is 6.35. The maximum Gasteiger partial charge on any atom is 0.229 e. The summed E-state index contributed by atoms with van der Waals surface area (Å²) in [7, 11) is 0. The van der Waals surface area contributed by atoms with Gasteiger partial charge >= 0.3 is 0 Å². The predicted molar refractivity (Wildman–Crippen MR) is 82.3 cm³/mol. The van der Waals surface area contributed by atoms with Crippen LogP contribution in [-0.2, 0) is 11.2 Å². The van der Waals surface area contributed by atoms with Gasteiger partial charge in [-0.3, -0.25) is 4.79 Å². The van der Waals surface area contributed by atoms with Gasteiger partial charge in [-0.1, -0.05) is 30.3 Å². The van der Waals surface area contributed by atoms with E-state index in [1.807, 2.05) is 36.4 Å². The number of nitrogens with zero attached hydrogens (tertiary/aromatic N) is 3. The number of carbonyl (C=O) groups is 1. The van der Waals surface area contributed by atoms with Gasteiger partial charge in [-0.25, -0.2) is 9.97 Å². The quantitative estimate of drug-likeness (QED) is 0.934. The molecule has 0 radical (unpaired) electrons. The lowest BCUT2D eigenvalue weighted by Crippen LogP contribution is -2.20. The second-order valence-electron chi connectivity index (χ2n) is 5.17. The van der Waals surface area contributed by atoms with Gasteiger partial charge < -0.3 is 10.2 Å². The maximum absolute atomic E-state index is 12.0. The van der Waals surface area contributed by atoms with Crippen LogP contribution in [0, 0.1) is 0 Å². The van der Waals surface area contributed by atoms with Crippen molar-refractivity contribution in [2.45, 2.75) is 19.3 Å². The molecule has 1 amide bonds. The number of hydrogen-bond acceptors (Lipinski definition) is 4. The number of amides is 1. The molecule has 5 heteroatoms. The average molecular weight is 282 g/mol. The molecule has 2 heterocycles. The highest BCUT2D eigenvalue weighted by Gasteiger charge is 2.14. The summed E-state index contributed by atoms with van der Waals surface area (Å²) >= 11 is 0. The van der Waals surface area contributed by atoms with E-state index in [1.54, 1.807) is 0 Å². The summed E-state index contributed by atoms with van der Waals surface area (Å²) < 4.78 is 0. The fourth-order valence-electron chi connectivity index (χ4n) is 2.50. The Morgan fingerprint density at radius 2 is 1.90 bits per heavy atom. The fourth-order valence-corrected chi connectivity index (χ4v) is 2.50. The summed E-state index contributed by atoms with van der Waals surface area (Å²) in [5.41, 5.74) is 0.990. The van der Waals surface area contributed by atoms with Crippen LogP contribution in [0.25, 0.3) is 0 Å². The van der Waals surface area contributed by atoms with E-state index in [1.165, 1.54) is 19.2 Å². The van der Waals surface area contributed by atoms with Crippen molar-refractivity contribution in [1.82, 2.24) is 9.97 Å². The molecule has 2 aromatic rings. The molecule has 5 nitrogen and oxygen atoms in total. The minimum atomic E-state index is -0.0627. The molecule has 21 heavy (non-hydrogen) atoms. The van der Waals surface area contributed by atoms with Crippen molar-refractivity contribution in [2.75, 3.05) is 23.3 Å². The van der Waals surface area contributed by atoms with E-state index < -0.39 is 0 Å². The molecule has 0 aliphatic carbocycles. The number of benzene rings is 1. The van der Waals surface area contributed by atoms with Crippen molar-refractivity contribution in [2.24, 2.45) is 0 Å². The number of rotatable bonds is 4. The highest BCUT2D eigenvalue weighted by molar-refractivity contribution is 5.91. The first kappa shape index (κ1) is 13.5. The van der Waals surface area contributed by atoms with Gasteiger partial charge in [0.25, 0.3) is 0 Å². The third-order valence-corrected chi connectivity index (χ3v) is 3.56. The highest BCUT2D eigenvalue weighted by Crippen LogP contribution is 2.19. The average Bonchev–Trinajstić information content (AvgIpc) is 3.02. The predicted octanol–water partition coefficient (Wildman–Crippen LogP) is 2.26. The molecule has 0 bridgehead atoms. The Morgan fingerprint density at radius 3 is 2.67 bits per heavy atom.